The number of hydrogen-bond acceptors (Lipinski definition) is 3. The average molecular weight is 245 g/mol. The van der Waals surface area contributed by atoms with Gasteiger partial charge in [-0.25, -0.2) is 4.98 Å². The summed E-state index contributed by atoms with van der Waals surface area (Å²) in [7, 11) is 0. The van der Waals surface area contributed by atoms with Crippen LogP contribution in [0, 0.1) is 0 Å². The first-order valence-corrected chi connectivity index (χ1v) is 7.28. The van der Waals surface area contributed by atoms with Crippen LogP contribution in [0.4, 0.5) is 5.82 Å². The molecule has 98 valence electrons. The first-order valence-electron chi connectivity index (χ1n) is 7.28. The third-order valence-electron chi connectivity index (χ3n) is 4.10. The van der Waals surface area contributed by atoms with Crippen molar-refractivity contribution in [2.75, 3.05) is 11.4 Å². The predicted octanol–water partition coefficient (Wildman–Crippen LogP) is 2.71. The van der Waals surface area contributed by atoms with Gasteiger partial charge in [0.1, 0.15) is 5.82 Å². The molecule has 3 rings (SSSR count). The maximum atomic E-state index is 4.64. The van der Waals surface area contributed by atoms with E-state index < -0.39 is 0 Å². The average Bonchev–Trinajstić information content (AvgIpc) is 3.22. The summed E-state index contributed by atoms with van der Waals surface area (Å²) < 4.78 is 0. The van der Waals surface area contributed by atoms with Crippen molar-refractivity contribution in [3.8, 4) is 0 Å². The third kappa shape index (κ3) is 2.66. The van der Waals surface area contributed by atoms with Crippen molar-refractivity contribution in [2.45, 2.75) is 57.7 Å². The van der Waals surface area contributed by atoms with Crippen LogP contribution in [0.15, 0.2) is 18.3 Å². The van der Waals surface area contributed by atoms with E-state index in [1.807, 2.05) is 6.20 Å². The summed E-state index contributed by atoms with van der Waals surface area (Å²) in [4.78, 5) is 7.13. The van der Waals surface area contributed by atoms with Gasteiger partial charge in [-0.1, -0.05) is 6.07 Å². The van der Waals surface area contributed by atoms with Gasteiger partial charge in [0.15, 0.2) is 0 Å². The van der Waals surface area contributed by atoms with Gasteiger partial charge in [0, 0.05) is 36.9 Å². The molecule has 1 aromatic rings. The topological polar surface area (TPSA) is 28.2 Å². The summed E-state index contributed by atoms with van der Waals surface area (Å²) in [6.45, 7) is 4.46. The van der Waals surface area contributed by atoms with Crippen LogP contribution >= 0.6 is 0 Å². The van der Waals surface area contributed by atoms with Crippen molar-refractivity contribution < 1.29 is 0 Å². The fourth-order valence-electron chi connectivity index (χ4n) is 2.78. The fourth-order valence-corrected chi connectivity index (χ4v) is 2.78. The van der Waals surface area contributed by atoms with Gasteiger partial charge in [0.05, 0.1) is 0 Å². The molecular weight excluding hydrogens is 222 g/mol. The highest BCUT2D eigenvalue weighted by molar-refractivity contribution is 5.48. The maximum Gasteiger partial charge on any atom is 0.133 e. The van der Waals surface area contributed by atoms with E-state index in [1.165, 1.54) is 43.5 Å². The van der Waals surface area contributed by atoms with Crippen LogP contribution in [0.2, 0.25) is 0 Å². The summed E-state index contributed by atoms with van der Waals surface area (Å²) in [6.07, 6.45) is 8.57. The molecule has 1 N–H and O–H groups in total. The molecule has 1 aromatic heterocycles. The highest BCUT2D eigenvalue weighted by Gasteiger charge is 2.24. The lowest BCUT2D eigenvalue weighted by Crippen LogP contribution is -2.39. The van der Waals surface area contributed by atoms with E-state index in [0.717, 1.165) is 19.1 Å². The molecule has 0 aromatic carbocycles. The monoisotopic (exact) mass is 245 g/mol. The highest BCUT2D eigenvalue weighted by Crippen LogP contribution is 2.26. The number of nitrogens with zero attached hydrogens (tertiary/aromatic N) is 2. The Morgan fingerprint density at radius 1 is 1.33 bits per heavy atom. The number of nitrogens with one attached hydrogen (secondary N) is 1. The van der Waals surface area contributed by atoms with Crippen LogP contribution in [0.3, 0.4) is 0 Å². The van der Waals surface area contributed by atoms with Crippen LogP contribution in [0.5, 0.6) is 0 Å². The van der Waals surface area contributed by atoms with Crippen LogP contribution in [0.25, 0.3) is 0 Å². The summed E-state index contributed by atoms with van der Waals surface area (Å²) in [5.74, 6) is 1.21. The van der Waals surface area contributed by atoms with Crippen LogP contribution in [-0.4, -0.2) is 23.6 Å². The highest BCUT2D eigenvalue weighted by atomic mass is 15.2. The van der Waals surface area contributed by atoms with Crippen LogP contribution in [0.1, 0.15) is 44.6 Å². The Balaban J connectivity index is 1.75. The second-order valence-corrected chi connectivity index (χ2v) is 5.68. The van der Waals surface area contributed by atoms with Gasteiger partial charge in [0.2, 0.25) is 0 Å². The van der Waals surface area contributed by atoms with Crippen LogP contribution in [-0.2, 0) is 6.54 Å². The summed E-state index contributed by atoms with van der Waals surface area (Å²) in [6, 6.07) is 5.67. The molecule has 0 spiro atoms. The van der Waals surface area contributed by atoms with Crippen molar-refractivity contribution in [3.05, 3.63) is 23.9 Å². The minimum Gasteiger partial charge on any atom is -0.354 e. The first kappa shape index (κ1) is 12.0. The molecule has 2 fully saturated rings. The van der Waals surface area contributed by atoms with Crippen molar-refractivity contribution in [3.63, 3.8) is 0 Å². The zero-order valence-electron chi connectivity index (χ0n) is 11.2. The molecule has 1 saturated carbocycles. The largest absolute Gasteiger partial charge is 0.354 e. The van der Waals surface area contributed by atoms with E-state index in [4.69, 9.17) is 0 Å². The SMILES string of the molecule is CC1CCCCN1c1ncccc1CNC1CC1. The molecule has 3 nitrogen and oxygen atoms in total. The molecule has 1 aliphatic heterocycles. The smallest absolute Gasteiger partial charge is 0.133 e. The zero-order valence-corrected chi connectivity index (χ0v) is 11.2. The Kier molecular flexibility index (Phi) is 3.50. The Morgan fingerprint density at radius 3 is 3.00 bits per heavy atom. The molecule has 0 bridgehead atoms. The Morgan fingerprint density at radius 2 is 2.22 bits per heavy atom. The van der Waals surface area contributed by atoms with Gasteiger partial charge in [-0.15, -0.1) is 0 Å². The summed E-state index contributed by atoms with van der Waals surface area (Å²) in [5.41, 5.74) is 1.36. The lowest BCUT2D eigenvalue weighted by Gasteiger charge is -2.35. The number of hydrogen-bond donors (Lipinski definition) is 1. The number of aromatic nitrogens is 1. The van der Waals surface area contributed by atoms with Gasteiger partial charge in [0.25, 0.3) is 0 Å². The molecule has 0 amide bonds. The molecule has 1 saturated heterocycles. The molecule has 0 radical (unpaired) electrons. The molecule has 1 atom stereocenters. The van der Waals surface area contributed by atoms with E-state index in [9.17, 15) is 0 Å². The van der Waals surface area contributed by atoms with Gasteiger partial charge >= 0.3 is 0 Å². The molecule has 3 heteroatoms. The second kappa shape index (κ2) is 5.27. The van der Waals surface area contributed by atoms with E-state index >= 15 is 0 Å². The fraction of sp³-hybridized carbons (Fsp3) is 0.667. The quantitative estimate of drug-likeness (QED) is 0.884. The normalized spacial score (nSPS) is 24.3. The van der Waals surface area contributed by atoms with E-state index in [1.54, 1.807) is 0 Å². The number of rotatable bonds is 4. The third-order valence-corrected chi connectivity index (χ3v) is 4.10. The lowest BCUT2D eigenvalue weighted by atomic mass is 10.0. The second-order valence-electron chi connectivity index (χ2n) is 5.68. The van der Waals surface area contributed by atoms with E-state index in [0.29, 0.717) is 6.04 Å². The molecule has 1 aliphatic carbocycles. The summed E-state index contributed by atoms with van der Waals surface area (Å²) in [5, 5.41) is 3.60. The molecule has 1 unspecified atom stereocenters. The number of anilines is 1. The number of pyridine rings is 1. The Labute approximate surface area is 110 Å². The first-order chi connectivity index (χ1) is 8.84. The lowest BCUT2D eigenvalue weighted by molar-refractivity contribution is 0.479. The molecule has 2 aliphatic rings. The van der Waals surface area contributed by atoms with Crippen molar-refractivity contribution in [1.82, 2.24) is 10.3 Å². The van der Waals surface area contributed by atoms with Crippen LogP contribution < -0.4 is 10.2 Å². The molecular formula is C15H23N3. The number of piperidine rings is 1. The molecule has 2 heterocycles. The van der Waals surface area contributed by atoms with Crippen molar-refractivity contribution in [1.29, 1.82) is 0 Å². The zero-order chi connectivity index (χ0) is 12.4. The molecule has 18 heavy (non-hydrogen) atoms. The Hall–Kier alpha value is -1.09. The maximum absolute atomic E-state index is 4.64. The van der Waals surface area contributed by atoms with Gasteiger partial charge < -0.3 is 10.2 Å². The Bertz CT molecular complexity index is 400. The summed E-state index contributed by atoms with van der Waals surface area (Å²) >= 11 is 0. The van der Waals surface area contributed by atoms with Crippen molar-refractivity contribution >= 4 is 5.82 Å². The van der Waals surface area contributed by atoms with Crippen molar-refractivity contribution in [2.24, 2.45) is 0 Å². The van der Waals surface area contributed by atoms with Gasteiger partial charge in [-0.05, 0) is 45.1 Å². The van der Waals surface area contributed by atoms with E-state index in [-0.39, 0.29) is 0 Å². The van der Waals surface area contributed by atoms with Gasteiger partial charge in [-0.3, -0.25) is 0 Å². The minimum atomic E-state index is 0.633. The van der Waals surface area contributed by atoms with Gasteiger partial charge in [-0.2, -0.15) is 0 Å². The predicted molar refractivity (Wildman–Crippen MR) is 74.8 cm³/mol. The minimum absolute atomic E-state index is 0.633. The standard InChI is InChI=1S/C15H23N3/c1-12-5-2-3-10-18(12)15-13(6-4-9-16-15)11-17-14-7-8-14/h4,6,9,12,14,17H,2-3,5,7-8,10-11H2,1H3. The van der Waals surface area contributed by atoms with E-state index in [2.05, 4.69) is 34.3 Å².